The second-order valence-corrected chi connectivity index (χ2v) is 15.4. The van der Waals surface area contributed by atoms with Gasteiger partial charge in [-0.05, 0) is 89.8 Å². The Balaban J connectivity index is 1.52. The highest BCUT2D eigenvalue weighted by Crippen LogP contribution is 2.36. The smallest absolute Gasteiger partial charge is 0.408 e. The number of carbonyl (C=O) groups excluding carboxylic acids is 8. The van der Waals surface area contributed by atoms with Crippen LogP contribution in [0.4, 0.5) is 9.59 Å². The maximum Gasteiger partial charge on any atom is 0.408 e. The third kappa shape index (κ3) is 8.41. The van der Waals surface area contributed by atoms with Gasteiger partial charge in [-0.25, -0.2) is 9.59 Å². The summed E-state index contributed by atoms with van der Waals surface area (Å²) in [4.78, 5) is 105. The second-order valence-electron chi connectivity index (χ2n) is 15.4. The predicted molar refractivity (Wildman–Crippen MR) is 183 cm³/mol. The Kier molecular flexibility index (Phi) is 10.7. The van der Waals surface area contributed by atoms with Crippen molar-refractivity contribution in [3.63, 3.8) is 0 Å². The number of hydrogen-bond acceptors (Lipinski definition) is 11. The number of fused-ring (bicyclic) bond motifs is 2. The Morgan fingerprint density at radius 3 is 1.16 bits per heavy atom. The minimum absolute atomic E-state index is 0.0151. The summed E-state index contributed by atoms with van der Waals surface area (Å²) in [6, 6.07) is 5.79. The number of rotatable bonds is 10. The van der Waals surface area contributed by atoms with Crippen molar-refractivity contribution >= 4 is 46.9 Å². The number of benzene rings is 2. The molecule has 2 unspecified atom stereocenters. The van der Waals surface area contributed by atoms with Crippen LogP contribution in [0.1, 0.15) is 111 Å². The van der Waals surface area contributed by atoms with Gasteiger partial charge in [-0.3, -0.25) is 28.8 Å². The van der Waals surface area contributed by atoms with Crippen molar-refractivity contribution in [1.82, 2.24) is 10.6 Å². The molecule has 0 fully saturated rings. The van der Waals surface area contributed by atoms with E-state index in [4.69, 9.17) is 14.2 Å². The molecule has 2 aromatic carbocycles. The van der Waals surface area contributed by atoms with Crippen LogP contribution in [0.2, 0.25) is 0 Å². The van der Waals surface area contributed by atoms with Gasteiger partial charge in [0.1, 0.15) is 34.5 Å². The van der Waals surface area contributed by atoms with Crippen molar-refractivity contribution in [1.29, 1.82) is 0 Å². The van der Waals surface area contributed by atoms with Crippen LogP contribution in [0.3, 0.4) is 0 Å². The predicted octanol–water partition coefficient (Wildman–Crippen LogP) is 5.71. The molecule has 272 valence electrons. The lowest BCUT2D eigenvalue weighted by Gasteiger charge is -2.26. The van der Waals surface area contributed by atoms with Crippen molar-refractivity contribution < 1.29 is 52.6 Å². The average molecular weight is 705 g/mol. The topological polar surface area (TPSA) is 188 Å². The molecule has 2 aromatic rings. The summed E-state index contributed by atoms with van der Waals surface area (Å²) in [6.45, 7) is 16.6. The van der Waals surface area contributed by atoms with Gasteiger partial charge in [0.05, 0.1) is 12.1 Å². The van der Waals surface area contributed by atoms with Gasteiger partial charge in [0.25, 0.3) is 0 Å². The zero-order valence-electron chi connectivity index (χ0n) is 30.4. The SMILES string of the molecule is CC(C)[C@H](NC(=O)OC(C)(C)C)C(=O)C1C(=O)c2ccc(Oc3ccc4c(c3)C(=O)C(C(=O)[C@@H](NC(=O)OC(C)(C)C)C(C)C)C4=O)cc2C1=O. The molecule has 2 aliphatic carbocycles. The van der Waals surface area contributed by atoms with Gasteiger partial charge in [0, 0.05) is 22.3 Å². The summed E-state index contributed by atoms with van der Waals surface area (Å²) in [6.07, 6.45) is -1.72. The fourth-order valence-electron chi connectivity index (χ4n) is 5.89. The molecular formula is C38H44N2O11. The third-order valence-corrected chi connectivity index (χ3v) is 8.19. The molecule has 0 saturated heterocycles. The minimum atomic E-state index is -1.67. The van der Waals surface area contributed by atoms with Crippen LogP contribution in [0, 0.1) is 23.7 Å². The zero-order chi connectivity index (χ0) is 38.3. The van der Waals surface area contributed by atoms with Crippen molar-refractivity contribution in [2.75, 3.05) is 0 Å². The van der Waals surface area contributed by atoms with Crippen molar-refractivity contribution in [2.24, 2.45) is 23.7 Å². The van der Waals surface area contributed by atoms with Gasteiger partial charge in [-0.15, -0.1) is 0 Å². The monoisotopic (exact) mass is 704 g/mol. The van der Waals surface area contributed by atoms with Crippen LogP contribution in [0.15, 0.2) is 36.4 Å². The number of alkyl carbamates (subject to hydrolysis) is 2. The van der Waals surface area contributed by atoms with Gasteiger partial charge in [-0.2, -0.15) is 0 Å². The minimum Gasteiger partial charge on any atom is -0.457 e. The Morgan fingerprint density at radius 2 is 0.863 bits per heavy atom. The van der Waals surface area contributed by atoms with Crippen molar-refractivity contribution in [3.8, 4) is 11.5 Å². The molecule has 2 aliphatic rings. The lowest BCUT2D eigenvalue weighted by Crippen LogP contribution is -2.50. The number of amides is 2. The number of hydrogen-bond donors (Lipinski definition) is 2. The van der Waals surface area contributed by atoms with Crippen molar-refractivity contribution in [3.05, 3.63) is 58.7 Å². The number of carbonyl (C=O) groups is 8. The molecule has 0 aliphatic heterocycles. The fraction of sp³-hybridized carbons (Fsp3) is 0.474. The fourth-order valence-corrected chi connectivity index (χ4v) is 5.89. The number of ketones is 6. The van der Waals surface area contributed by atoms with E-state index in [1.165, 1.54) is 36.4 Å². The average Bonchev–Trinajstić information content (AvgIpc) is 3.39. The summed E-state index contributed by atoms with van der Waals surface area (Å²) in [5, 5.41) is 4.98. The quantitative estimate of drug-likeness (QED) is 0.289. The van der Waals surface area contributed by atoms with Crippen LogP contribution in [-0.2, 0) is 19.1 Å². The maximum absolute atomic E-state index is 13.5. The van der Waals surface area contributed by atoms with Gasteiger partial charge in [-0.1, -0.05) is 27.7 Å². The van der Waals surface area contributed by atoms with E-state index >= 15 is 0 Å². The molecule has 4 rings (SSSR count). The lowest BCUT2D eigenvalue weighted by molar-refractivity contribution is -0.124. The normalized spacial score (nSPS) is 18.3. The van der Waals surface area contributed by atoms with Crippen LogP contribution >= 0.6 is 0 Å². The van der Waals surface area contributed by atoms with E-state index in [1.807, 2.05) is 0 Å². The van der Waals surface area contributed by atoms with Crippen LogP contribution in [0.25, 0.3) is 0 Å². The standard InChI is InChI=1S/C38H44N2O11/c1-17(2)27(39-35(47)50-37(5,6)7)33(45)25-29(41)21-13-11-19(15-23(21)31(25)43)49-20-12-14-22-24(16-20)32(44)26(30(22)42)34(46)28(18(3)4)40-36(48)51-38(8,9)10/h11-18,25-28H,1-10H3,(H,39,47)(H,40,48)/t25?,26?,27-,28-/m0/s1. The van der Waals surface area contributed by atoms with Crippen LogP contribution < -0.4 is 15.4 Å². The lowest BCUT2D eigenvalue weighted by atomic mass is 9.88. The van der Waals surface area contributed by atoms with E-state index in [1.54, 1.807) is 69.2 Å². The van der Waals surface area contributed by atoms with E-state index in [0.717, 1.165) is 0 Å². The molecule has 0 heterocycles. The van der Waals surface area contributed by atoms with Crippen LogP contribution in [0.5, 0.6) is 11.5 Å². The highest BCUT2D eigenvalue weighted by atomic mass is 16.6. The molecule has 4 atom stereocenters. The Bertz CT molecular complexity index is 1700. The van der Waals surface area contributed by atoms with E-state index < -0.39 is 93.8 Å². The summed E-state index contributed by atoms with van der Waals surface area (Å²) in [5.41, 5.74) is -1.74. The van der Waals surface area contributed by atoms with Crippen molar-refractivity contribution in [2.45, 2.75) is 92.5 Å². The highest BCUT2D eigenvalue weighted by Gasteiger charge is 2.48. The largest absolute Gasteiger partial charge is 0.457 e. The molecule has 0 aromatic heterocycles. The Morgan fingerprint density at radius 1 is 0.549 bits per heavy atom. The number of nitrogens with one attached hydrogen (secondary N) is 2. The zero-order valence-corrected chi connectivity index (χ0v) is 30.4. The summed E-state index contributed by atoms with van der Waals surface area (Å²) >= 11 is 0. The third-order valence-electron chi connectivity index (χ3n) is 8.19. The molecule has 13 heteroatoms. The first-order valence-electron chi connectivity index (χ1n) is 16.7. The maximum atomic E-state index is 13.5. The van der Waals surface area contributed by atoms with E-state index in [0.29, 0.717) is 0 Å². The molecule has 0 radical (unpaired) electrons. The van der Waals surface area contributed by atoms with E-state index in [2.05, 4.69) is 10.6 Å². The molecule has 2 amide bonds. The number of ether oxygens (including phenoxy) is 3. The number of Topliss-reactive ketones (excluding diaryl/α,β-unsaturated/α-hetero) is 6. The summed E-state index contributed by atoms with van der Waals surface area (Å²) < 4.78 is 16.4. The Labute approximate surface area is 296 Å². The molecule has 0 saturated carbocycles. The van der Waals surface area contributed by atoms with E-state index in [-0.39, 0.29) is 33.8 Å². The van der Waals surface area contributed by atoms with Gasteiger partial charge < -0.3 is 24.8 Å². The molecule has 0 bridgehead atoms. The second kappa shape index (κ2) is 14.2. The molecule has 51 heavy (non-hydrogen) atoms. The van der Waals surface area contributed by atoms with E-state index in [9.17, 15) is 38.4 Å². The highest BCUT2D eigenvalue weighted by molar-refractivity contribution is 6.37. The summed E-state index contributed by atoms with van der Waals surface area (Å²) in [5.74, 6) is -8.52. The first kappa shape index (κ1) is 38.6. The molecule has 13 nitrogen and oxygen atoms in total. The van der Waals surface area contributed by atoms with Gasteiger partial charge in [0.15, 0.2) is 34.7 Å². The molecule has 2 N–H and O–H groups in total. The summed E-state index contributed by atoms with van der Waals surface area (Å²) in [7, 11) is 0. The molecular weight excluding hydrogens is 660 g/mol. The van der Waals surface area contributed by atoms with Crippen LogP contribution in [-0.4, -0.2) is 70.2 Å². The first-order valence-corrected chi connectivity index (χ1v) is 16.7. The van der Waals surface area contributed by atoms with Gasteiger partial charge >= 0.3 is 12.2 Å². The first-order chi connectivity index (χ1) is 23.5. The Hall–Kier alpha value is -5.20. The van der Waals surface area contributed by atoms with Gasteiger partial charge in [0.2, 0.25) is 0 Å². The molecule has 0 spiro atoms.